The molecule has 2 rings (SSSR count). The highest BCUT2D eigenvalue weighted by molar-refractivity contribution is 7.89. The highest BCUT2D eigenvalue weighted by atomic mass is 32.2. The molecule has 26 heavy (non-hydrogen) atoms. The van der Waals surface area contributed by atoms with Gasteiger partial charge < -0.3 is 9.47 Å². The van der Waals surface area contributed by atoms with Crippen molar-refractivity contribution in [3.63, 3.8) is 0 Å². The third kappa shape index (κ3) is 4.83. The number of benzene rings is 2. The number of carbonyl (C=O) groups is 1. The molecule has 2 aromatic carbocycles. The van der Waals surface area contributed by atoms with Gasteiger partial charge in [-0.1, -0.05) is 18.2 Å². The summed E-state index contributed by atoms with van der Waals surface area (Å²) in [6.45, 7) is 4.35. The number of hydrogen-bond acceptors (Lipinski definition) is 5. The second kappa shape index (κ2) is 8.82. The molecule has 0 aliphatic carbocycles. The Morgan fingerprint density at radius 2 is 1.73 bits per heavy atom. The highest BCUT2D eigenvalue weighted by Gasteiger charge is 2.21. The maximum atomic E-state index is 12.6. The van der Waals surface area contributed by atoms with Crippen LogP contribution in [0.4, 0.5) is 0 Å². The Balaban J connectivity index is 2.00. The van der Waals surface area contributed by atoms with E-state index in [0.29, 0.717) is 5.56 Å². The van der Waals surface area contributed by atoms with Gasteiger partial charge in [0.2, 0.25) is 10.0 Å². The van der Waals surface area contributed by atoms with Crippen molar-refractivity contribution >= 4 is 16.0 Å². The number of carbonyl (C=O) groups excluding carboxylic acids is 1. The van der Waals surface area contributed by atoms with Gasteiger partial charge in [0, 0.05) is 13.6 Å². The molecule has 2 aromatic rings. The van der Waals surface area contributed by atoms with E-state index in [1.54, 1.807) is 6.92 Å². The monoisotopic (exact) mass is 377 g/mol. The molecule has 0 radical (unpaired) electrons. The topological polar surface area (TPSA) is 72.9 Å². The van der Waals surface area contributed by atoms with E-state index in [0.717, 1.165) is 11.3 Å². The maximum Gasteiger partial charge on any atom is 0.338 e. The molecule has 0 aliphatic heterocycles. The largest absolute Gasteiger partial charge is 0.492 e. The normalized spacial score (nSPS) is 11.4. The molecular weight excluding hydrogens is 354 g/mol. The summed E-state index contributed by atoms with van der Waals surface area (Å²) >= 11 is 0. The zero-order valence-electron chi connectivity index (χ0n) is 15.1. The zero-order valence-corrected chi connectivity index (χ0v) is 16.0. The van der Waals surface area contributed by atoms with Crippen molar-refractivity contribution in [3.8, 4) is 5.75 Å². The van der Waals surface area contributed by atoms with Crippen molar-refractivity contribution in [3.05, 3.63) is 59.7 Å². The van der Waals surface area contributed by atoms with Crippen LogP contribution in [0.1, 0.15) is 22.8 Å². The summed E-state index contributed by atoms with van der Waals surface area (Å²) in [5.74, 6) is 0.258. The van der Waals surface area contributed by atoms with E-state index in [4.69, 9.17) is 9.47 Å². The summed E-state index contributed by atoms with van der Waals surface area (Å²) in [4.78, 5) is 11.8. The summed E-state index contributed by atoms with van der Waals surface area (Å²) < 4.78 is 37.0. The summed E-state index contributed by atoms with van der Waals surface area (Å²) in [7, 11) is -2.16. The molecule has 0 aromatic heterocycles. The molecule has 0 unspecified atom stereocenters. The molecule has 7 heteroatoms. The molecule has 0 N–H and O–H groups in total. The third-order valence-electron chi connectivity index (χ3n) is 3.83. The minimum Gasteiger partial charge on any atom is -0.492 e. The van der Waals surface area contributed by atoms with E-state index >= 15 is 0 Å². The summed E-state index contributed by atoms with van der Waals surface area (Å²) in [5, 5.41) is 0. The predicted octanol–water partition coefficient (Wildman–Crippen LogP) is 2.87. The van der Waals surface area contributed by atoms with E-state index in [-0.39, 0.29) is 24.7 Å². The van der Waals surface area contributed by atoms with Crippen LogP contribution in [0.25, 0.3) is 0 Å². The van der Waals surface area contributed by atoms with Gasteiger partial charge in [0.1, 0.15) is 12.4 Å². The Morgan fingerprint density at radius 3 is 2.35 bits per heavy atom. The fourth-order valence-corrected chi connectivity index (χ4v) is 3.43. The molecular formula is C19H23NO5S. The molecule has 0 spiro atoms. The quantitative estimate of drug-likeness (QED) is 0.662. The minimum absolute atomic E-state index is 0.115. The Kier molecular flexibility index (Phi) is 6.76. The van der Waals surface area contributed by atoms with E-state index in [2.05, 4.69) is 0 Å². The minimum atomic E-state index is -3.66. The summed E-state index contributed by atoms with van der Waals surface area (Å²) in [6.07, 6.45) is 0. The number of likely N-dealkylation sites (N-methyl/N-ethyl adjacent to an activating group) is 1. The average Bonchev–Trinajstić information content (AvgIpc) is 2.63. The van der Waals surface area contributed by atoms with Crippen molar-refractivity contribution in [2.75, 3.05) is 26.8 Å². The van der Waals surface area contributed by atoms with Crippen molar-refractivity contribution in [1.29, 1.82) is 0 Å². The Morgan fingerprint density at radius 1 is 1.08 bits per heavy atom. The number of nitrogens with zero attached hydrogens (tertiary/aromatic N) is 1. The molecule has 0 amide bonds. The van der Waals surface area contributed by atoms with Gasteiger partial charge in [0.15, 0.2) is 0 Å². The fraction of sp³-hybridized carbons (Fsp3) is 0.316. The van der Waals surface area contributed by atoms with Crippen molar-refractivity contribution in [2.45, 2.75) is 18.7 Å². The molecule has 0 heterocycles. The maximum absolute atomic E-state index is 12.6. The van der Waals surface area contributed by atoms with Gasteiger partial charge >= 0.3 is 5.97 Å². The molecule has 0 fully saturated rings. The molecule has 0 saturated carbocycles. The van der Waals surface area contributed by atoms with E-state index in [9.17, 15) is 13.2 Å². The standard InChI is InChI=1S/C19H23NO5S/c1-4-24-19(21)16-9-11-17(12-10-16)26(22,23)20(3)13-14-25-18-8-6-5-7-15(18)2/h5-12H,4,13-14H2,1-3H3. The van der Waals surface area contributed by atoms with Gasteiger partial charge in [-0.05, 0) is 49.7 Å². The molecule has 0 saturated heterocycles. The van der Waals surface area contributed by atoms with Crippen LogP contribution in [-0.2, 0) is 14.8 Å². The van der Waals surface area contributed by atoms with E-state index < -0.39 is 16.0 Å². The van der Waals surface area contributed by atoms with Gasteiger partial charge in [-0.2, -0.15) is 4.31 Å². The number of sulfonamides is 1. The fourth-order valence-electron chi connectivity index (χ4n) is 2.28. The number of ether oxygens (including phenoxy) is 2. The molecule has 0 bridgehead atoms. The van der Waals surface area contributed by atoms with Crippen LogP contribution in [0.15, 0.2) is 53.4 Å². The lowest BCUT2D eigenvalue weighted by Gasteiger charge is -2.18. The Bertz CT molecular complexity index is 846. The van der Waals surface area contributed by atoms with E-state index in [1.165, 1.54) is 35.6 Å². The number of para-hydroxylation sites is 1. The SMILES string of the molecule is CCOC(=O)c1ccc(S(=O)(=O)N(C)CCOc2ccccc2C)cc1. The first-order valence-electron chi connectivity index (χ1n) is 8.28. The molecule has 0 aliphatic rings. The smallest absolute Gasteiger partial charge is 0.338 e. The number of rotatable bonds is 8. The molecule has 6 nitrogen and oxygen atoms in total. The second-order valence-corrected chi connectivity index (χ2v) is 7.73. The van der Waals surface area contributed by atoms with Crippen LogP contribution in [-0.4, -0.2) is 45.5 Å². The predicted molar refractivity (Wildman–Crippen MR) is 98.9 cm³/mol. The van der Waals surface area contributed by atoms with Crippen molar-refractivity contribution < 1.29 is 22.7 Å². The van der Waals surface area contributed by atoms with Crippen LogP contribution in [0, 0.1) is 6.92 Å². The number of esters is 1. The highest BCUT2D eigenvalue weighted by Crippen LogP contribution is 2.18. The van der Waals surface area contributed by atoms with Crippen LogP contribution >= 0.6 is 0 Å². The van der Waals surface area contributed by atoms with Gasteiger partial charge in [-0.15, -0.1) is 0 Å². The van der Waals surface area contributed by atoms with Gasteiger partial charge in [0.25, 0.3) is 0 Å². The lowest BCUT2D eigenvalue weighted by Crippen LogP contribution is -2.31. The zero-order chi connectivity index (χ0) is 19.2. The first-order valence-corrected chi connectivity index (χ1v) is 9.72. The first kappa shape index (κ1) is 19.9. The Labute approximate surface area is 154 Å². The van der Waals surface area contributed by atoms with Gasteiger partial charge in [0.05, 0.1) is 17.1 Å². The Hall–Kier alpha value is -2.38. The van der Waals surface area contributed by atoms with E-state index in [1.807, 2.05) is 31.2 Å². The molecule has 140 valence electrons. The lowest BCUT2D eigenvalue weighted by atomic mass is 10.2. The number of aryl methyl sites for hydroxylation is 1. The van der Waals surface area contributed by atoms with Crippen LogP contribution in [0.5, 0.6) is 5.75 Å². The van der Waals surface area contributed by atoms with Crippen molar-refractivity contribution in [2.24, 2.45) is 0 Å². The summed E-state index contributed by atoms with van der Waals surface area (Å²) in [6, 6.07) is 13.3. The average molecular weight is 377 g/mol. The first-order chi connectivity index (χ1) is 12.4. The second-order valence-electron chi connectivity index (χ2n) is 5.69. The third-order valence-corrected chi connectivity index (χ3v) is 5.70. The van der Waals surface area contributed by atoms with Crippen molar-refractivity contribution in [1.82, 2.24) is 4.31 Å². The van der Waals surface area contributed by atoms with Crippen LogP contribution in [0.2, 0.25) is 0 Å². The summed E-state index contributed by atoms with van der Waals surface area (Å²) in [5.41, 5.74) is 1.31. The number of hydrogen-bond donors (Lipinski definition) is 0. The lowest BCUT2D eigenvalue weighted by molar-refractivity contribution is 0.0526. The van der Waals surface area contributed by atoms with Crippen LogP contribution in [0.3, 0.4) is 0 Å². The molecule has 0 atom stereocenters. The van der Waals surface area contributed by atoms with Gasteiger partial charge in [-0.3, -0.25) is 0 Å². The van der Waals surface area contributed by atoms with Gasteiger partial charge in [-0.25, -0.2) is 13.2 Å². The van der Waals surface area contributed by atoms with Crippen LogP contribution < -0.4 is 4.74 Å².